The molecular weight excluding hydrogens is 346 g/mol. The van der Waals surface area contributed by atoms with E-state index in [0.717, 1.165) is 48.6 Å². The van der Waals surface area contributed by atoms with Crippen molar-refractivity contribution in [2.45, 2.75) is 57.8 Å². The van der Waals surface area contributed by atoms with Gasteiger partial charge in [-0.15, -0.1) is 0 Å². The molecule has 1 aliphatic rings. The molecule has 140 valence electrons. The molecule has 0 aromatic heterocycles. The normalized spacial score (nSPS) is 18.2. The van der Waals surface area contributed by atoms with Crippen LogP contribution in [-0.4, -0.2) is 23.8 Å². The highest BCUT2D eigenvalue weighted by molar-refractivity contribution is 6.30. The largest absolute Gasteiger partial charge is 0.490 e. The molecule has 3 nitrogen and oxygen atoms in total. The van der Waals surface area contributed by atoms with E-state index in [4.69, 9.17) is 16.3 Å². The second-order valence-electron chi connectivity index (χ2n) is 7.27. The number of ether oxygens (including phenoxy) is 1. The van der Waals surface area contributed by atoms with Crippen LogP contribution >= 0.6 is 11.6 Å². The number of rotatable bonds is 8. The summed E-state index contributed by atoms with van der Waals surface area (Å²) in [6.45, 7) is 5.01. The first-order valence-electron chi connectivity index (χ1n) is 9.48. The van der Waals surface area contributed by atoms with E-state index in [-0.39, 0.29) is 12.1 Å². The van der Waals surface area contributed by atoms with Crippen LogP contribution in [-0.2, 0) is 12.8 Å². The zero-order chi connectivity index (χ0) is 18.5. The number of halogens is 1. The molecule has 4 heteroatoms. The molecule has 3 unspecified atom stereocenters. The minimum absolute atomic E-state index is 0.0170. The summed E-state index contributed by atoms with van der Waals surface area (Å²) in [5.74, 6) is 0.955. The Morgan fingerprint density at radius 3 is 2.73 bits per heavy atom. The lowest BCUT2D eigenvalue weighted by atomic mass is 9.99. The first-order valence-corrected chi connectivity index (χ1v) is 9.86. The summed E-state index contributed by atoms with van der Waals surface area (Å²) < 4.78 is 5.73. The molecule has 0 spiro atoms. The Morgan fingerprint density at radius 1 is 1.19 bits per heavy atom. The fourth-order valence-electron chi connectivity index (χ4n) is 3.46. The molecule has 1 aliphatic heterocycles. The van der Waals surface area contributed by atoms with Gasteiger partial charge in [-0.05, 0) is 80.6 Å². The van der Waals surface area contributed by atoms with E-state index in [9.17, 15) is 5.11 Å². The van der Waals surface area contributed by atoms with Crippen molar-refractivity contribution < 1.29 is 9.84 Å². The lowest BCUT2D eigenvalue weighted by Gasteiger charge is -2.21. The van der Waals surface area contributed by atoms with Gasteiger partial charge in [0.05, 0.1) is 6.10 Å². The molecule has 0 amide bonds. The number of nitrogens with one attached hydrogen (secondary N) is 1. The van der Waals surface area contributed by atoms with Gasteiger partial charge in [-0.25, -0.2) is 0 Å². The molecule has 0 bridgehead atoms. The molecule has 2 aromatic rings. The molecule has 2 aromatic carbocycles. The van der Waals surface area contributed by atoms with Gasteiger partial charge in [0, 0.05) is 17.5 Å². The average Bonchev–Trinajstić information content (AvgIpc) is 3.01. The molecule has 26 heavy (non-hydrogen) atoms. The van der Waals surface area contributed by atoms with Gasteiger partial charge in [-0.1, -0.05) is 29.8 Å². The Labute approximate surface area is 161 Å². The Bertz CT molecular complexity index is 717. The van der Waals surface area contributed by atoms with E-state index in [1.807, 2.05) is 31.2 Å². The van der Waals surface area contributed by atoms with Crippen molar-refractivity contribution in [3.63, 3.8) is 0 Å². The summed E-state index contributed by atoms with van der Waals surface area (Å²) >= 11 is 5.91. The van der Waals surface area contributed by atoms with Crippen molar-refractivity contribution in [1.82, 2.24) is 5.32 Å². The average molecular weight is 374 g/mol. The van der Waals surface area contributed by atoms with Gasteiger partial charge in [0.15, 0.2) is 0 Å². The van der Waals surface area contributed by atoms with Crippen LogP contribution in [0.25, 0.3) is 0 Å². The molecule has 0 saturated heterocycles. The Kier molecular flexibility index (Phi) is 6.58. The third-order valence-corrected chi connectivity index (χ3v) is 5.26. The fourth-order valence-corrected chi connectivity index (χ4v) is 3.59. The molecule has 2 N–H and O–H groups in total. The molecule has 0 saturated carbocycles. The van der Waals surface area contributed by atoms with Crippen molar-refractivity contribution in [2.75, 3.05) is 6.54 Å². The fraction of sp³-hybridized carbons (Fsp3) is 0.455. The number of unbranched alkanes of at least 4 members (excludes halogenated alkanes) is 1. The molecular formula is C22H28ClNO2. The summed E-state index contributed by atoms with van der Waals surface area (Å²) in [6, 6.07) is 14.1. The summed E-state index contributed by atoms with van der Waals surface area (Å²) in [4.78, 5) is 0. The summed E-state index contributed by atoms with van der Waals surface area (Å²) in [5.41, 5.74) is 3.48. The zero-order valence-corrected chi connectivity index (χ0v) is 16.3. The number of benzene rings is 2. The predicted octanol–water partition coefficient (Wildman–Crippen LogP) is 4.70. The van der Waals surface area contributed by atoms with Crippen molar-refractivity contribution in [1.29, 1.82) is 0 Å². The van der Waals surface area contributed by atoms with Crippen LogP contribution in [0.1, 0.15) is 49.5 Å². The topological polar surface area (TPSA) is 41.5 Å². The number of hydrogen-bond acceptors (Lipinski definition) is 3. The maximum atomic E-state index is 10.6. The number of fused-ring (bicyclic) bond motifs is 1. The van der Waals surface area contributed by atoms with Crippen LogP contribution in [0.4, 0.5) is 0 Å². The third kappa shape index (κ3) is 5.00. The summed E-state index contributed by atoms with van der Waals surface area (Å²) in [7, 11) is 0. The van der Waals surface area contributed by atoms with E-state index in [0.29, 0.717) is 0 Å². The van der Waals surface area contributed by atoms with Crippen LogP contribution < -0.4 is 10.1 Å². The summed E-state index contributed by atoms with van der Waals surface area (Å²) in [6.07, 6.45) is 3.89. The van der Waals surface area contributed by atoms with Gasteiger partial charge in [-0.2, -0.15) is 0 Å². The Morgan fingerprint density at radius 2 is 1.96 bits per heavy atom. The molecule has 1 heterocycles. The molecule has 0 radical (unpaired) electrons. The lowest BCUT2D eigenvalue weighted by molar-refractivity contribution is 0.136. The number of aryl methyl sites for hydroxylation is 1. The van der Waals surface area contributed by atoms with Crippen LogP contribution in [0.5, 0.6) is 5.75 Å². The maximum Gasteiger partial charge on any atom is 0.123 e. The number of aliphatic hydroxyl groups is 1. The van der Waals surface area contributed by atoms with Gasteiger partial charge < -0.3 is 15.2 Å². The molecule has 3 atom stereocenters. The van der Waals surface area contributed by atoms with E-state index < -0.39 is 6.10 Å². The van der Waals surface area contributed by atoms with E-state index in [1.54, 1.807) is 0 Å². The molecule has 0 aliphatic carbocycles. The van der Waals surface area contributed by atoms with Gasteiger partial charge in [-0.3, -0.25) is 0 Å². The zero-order valence-electron chi connectivity index (χ0n) is 15.5. The SMILES string of the molecule is CC1Cc2cc(C(O)C(C)NCCCCc3ccc(Cl)cc3)ccc2O1. The van der Waals surface area contributed by atoms with Crippen molar-refractivity contribution in [2.24, 2.45) is 0 Å². The Hall–Kier alpha value is -1.55. The van der Waals surface area contributed by atoms with Gasteiger partial charge in [0.2, 0.25) is 0 Å². The number of hydrogen-bond donors (Lipinski definition) is 2. The van der Waals surface area contributed by atoms with Crippen molar-refractivity contribution in [3.8, 4) is 5.75 Å². The van der Waals surface area contributed by atoms with E-state index >= 15 is 0 Å². The van der Waals surface area contributed by atoms with Crippen LogP contribution in [0.15, 0.2) is 42.5 Å². The highest BCUT2D eigenvalue weighted by atomic mass is 35.5. The maximum absolute atomic E-state index is 10.6. The smallest absolute Gasteiger partial charge is 0.123 e. The van der Waals surface area contributed by atoms with E-state index in [2.05, 4.69) is 30.4 Å². The highest BCUT2D eigenvalue weighted by Gasteiger charge is 2.22. The minimum Gasteiger partial charge on any atom is -0.490 e. The molecule has 0 fully saturated rings. The van der Waals surface area contributed by atoms with Crippen LogP contribution in [0, 0.1) is 0 Å². The van der Waals surface area contributed by atoms with Gasteiger partial charge >= 0.3 is 0 Å². The summed E-state index contributed by atoms with van der Waals surface area (Å²) in [5, 5.41) is 14.9. The molecule has 3 rings (SSSR count). The van der Waals surface area contributed by atoms with E-state index in [1.165, 1.54) is 11.1 Å². The second kappa shape index (κ2) is 8.90. The standard InChI is InChI=1S/C22H28ClNO2/c1-15-13-19-14-18(8-11-21(19)26-15)22(25)16(2)24-12-4-3-5-17-6-9-20(23)10-7-17/h6-11,14-16,22,24-25H,3-5,12-13H2,1-2H3. The minimum atomic E-state index is -0.507. The lowest BCUT2D eigenvalue weighted by Crippen LogP contribution is -2.33. The Balaban J connectivity index is 1.41. The van der Waals surface area contributed by atoms with Crippen LogP contribution in [0.2, 0.25) is 5.02 Å². The third-order valence-electron chi connectivity index (χ3n) is 5.01. The van der Waals surface area contributed by atoms with Crippen molar-refractivity contribution >= 4 is 11.6 Å². The monoisotopic (exact) mass is 373 g/mol. The predicted molar refractivity (Wildman–Crippen MR) is 107 cm³/mol. The highest BCUT2D eigenvalue weighted by Crippen LogP contribution is 2.31. The first kappa shape index (κ1) is 19.2. The van der Waals surface area contributed by atoms with Crippen LogP contribution in [0.3, 0.4) is 0 Å². The first-order chi connectivity index (χ1) is 12.5. The van der Waals surface area contributed by atoms with Crippen molar-refractivity contribution in [3.05, 3.63) is 64.2 Å². The number of aliphatic hydroxyl groups excluding tert-OH is 1. The quantitative estimate of drug-likeness (QED) is 0.659. The van der Waals surface area contributed by atoms with Gasteiger partial charge in [0.25, 0.3) is 0 Å². The second-order valence-corrected chi connectivity index (χ2v) is 7.71. The van der Waals surface area contributed by atoms with Gasteiger partial charge in [0.1, 0.15) is 11.9 Å².